The summed E-state index contributed by atoms with van der Waals surface area (Å²) in [7, 11) is 0. The first-order chi connectivity index (χ1) is 6.65. The van der Waals surface area contributed by atoms with Crippen LogP contribution < -0.4 is 5.32 Å². The van der Waals surface area contributed by atoms with Crippen LogP contribution in [0.15, 0.2) is 16.9 Å². The fraction of sp³-hybridized carbons (Fsp3) is 0.375. The summed E-state index contributed by atoms with van der Waals surface area (Å²) in [4.78, 5) is 21.9. The van der Waals surface area contributed by atoms with E-state index >= 15 is 0 Å². The number of hydrogen-bond donors (Lipinski definition) is 2. The Morgan fingerprint density at radius 2 is 2.43 bits per heavy atom. The van der Waals surface area contributed by atoms with Crippen molar-refractivity contribution in [3.05, 3.63) is 18.0 Å². The van der Waals surface area contributed by atoms with Gasteiger partial charge in [-0.15, -0.1) is 0 Å². The number of carboxylic acid groups (broad SMARTS) is 1. The maximum absolute atomic E-state index is 11.3. The summed E-state index contributed by atoms with van der Waals surface area (Å²) >= 11 is 0. The zero-order valence-electron chi connectivity index (χ0n) is 7.56. The number of carboxylic acids is 1. The molecule has 0 fully saturated rings. The van der Waals surface area contributed by atoms with E-state index in [0.29, 0.717) is 6.42 Å². The van der Waals surface area contributed by atoms with E-state index in [2.05, 4.69) is 15.0 Å². The average Bonchev–Trinajstić information content (AvgIpc) is 2.65. The number of amides is 1. The molecule has 0 radical (unpaired) electrons. The average molecular weight is 198 g/mol. The fourth-order valence-electron chi connectivity index (χ4n) is 0.900. The molecule has 1 aromatic rings. The highest BCUT2D eigenvalue weighted by Gasteiger charge is 2.19. The summed E-state index contributed by atoms with van der Waals surface area (Å²) in [6, 6.07) is 0.475. The second-order valence-electron chi connectivity index (χ2n) is 2.66. The van der Waals surface area contributed by atoms with Gasteiger partial charge >= 0.3 is 5.97 Å². The third-order valence-electron chi connectivity index (χ3n) is 1.68. The van der Waals surface area contributed by atoms with Crippen molar-refractivity contribution in [1.29, 1.82) is 0 Å². The first kappa shape index (κ1) is 10.2. The van der Waals surface area contributed by atoms with E-state index in [1.165, 1.54) is 12.3 Å². The molecule has 14 heavy (non-hydrogen) atoms. The number of carbonyl (C=O) groups is 2. The fourth-order valence-corrected chi connectivity index (χ4v) is 0.900. The van der Waals surface area contributed by atoms with Crippen molar-refractivity contribution in [2.45, 2.75) is 19.4 Å². The molecule has 1 rings (SSSR count). The number of aromatic nitrogens is 1. The lowest BCUT2D eigenvalue weighted by atomic mass is 10.2. The lowest BCUT2D eigenvalue weighted by Gasteiger charge is -2.10. The summed E-state index contributed by atoms with van der Waals surface area (Å²) in [5.74, 6) is -1.61. The molecule has 0 saturated heterocycles. The van der Waals surface area contributed by atoms with E-state index in [1.54, 1.807) is 6.92 Å². The minimum absolute atomic E-state index is 0.0738. The van der Waals surface area contributed by atoms with Crippen LogP contribution >= 0.6 is 0 Å². The van der Waals surface area contributed by atoms with Gasteiger partial charge in [-0.05, 0) is 6.42 Å². The molecule has 0 aliphatic rings. The Morgan fingerprint density at radius 1 is 1.71 bits per heavy atom. The minimum Gasteiger partial charge on any atom is -0.480 e. The highest BCUT2D eigenvalue weighted by atomic mass is 16.5. The molecule has 1 unspecified atom stereocenters. The molecule has 1 aromatic heterocycles. The summed E-state index contributed by atoms with van der Waals surface area (Å²) < 4.78 is 4.45. The van der Waals surface area contributed by atoms with Gasteiger partial charge in [0, 0.05) is 6.07 Å². The molecule has 0 saturated carbocycles. The third kappa shape index (κ3) is 2.32. The second-order valence-corrected chi connectivity index (χ2v) is 2.66. The van der Waals surface area contributed by atoms with Crippen LogP contribution in [0, 0.1) is 0 Å². The Kier molecular flexibility index (Phi) is 3.22. The largest absolute Gasteiger partial charge is 0.480 e. The van der Waals surface area contributed by atoms with Gasteiger partial charge in [0.25, 0.3) is 5.91 Å². The van der Waals surface area contributed by atoms with Crippen molar-refractivity contribution < 1.29 is 19.2 Å². The van der Waals surface area contributed by atoms with Crippen LogP contribution in [0.4, 0.5) is 0 Å². The SMILES string of the molecule is CCC(NC(=O)c1ccon1)C(=O)O. The highest BCUT2D eigenvalue weighted by molar-refractivity contribution is 5.94. The van der Waals surface area contributed by atoms with Crippen LogP contribution in [-0.4, -0.2) is 28.2 Å². The van der Waals surface area contributed by atoms with Crippen LogP contribution in [0.2, 0.25) is 0 Å². The Hall–Kier alpha value is -1.85. The number of aliphatic carboxylic acids is 1. The number of carbonyl (C=O) groups excluding carboxylic acids is 1. The first-order valence-corrected chi connectivity index (χ1v) is 4.09. The van der Waals surface area contributed by atoms with Gasteiger partial charge in [0.2, 0.25) is 0 Å². The number of rotatable bonds is 4. The summed E-state index contributed by atoms with van der Waals surface area (Å²) in [6.45, 7) is 1.67. The summed E-state index contributed by atoms with van der Waals surface area (Å²) in [6.07, 6.45) is 1.57. The van der Waals surface area contributed by atoms with Crippen LogP contribution in [0.25, 0.3) is 0 Å². The normalized spacial score (nSPS) is 12.1. The van der Waals surface area contributed by atoms with Crippen molar-refractivity contribution in [2.24, 2.45) is 0 Å². The third-order valence-corrected chi connectivity index (χ3v) is 1.68. The smallest absolute Gasteiger partial charge is 0.326 e. The maximum atomic E-state index is 11.3. The van der Waals surface area contributed by atoms with Crippen molar-refractivity contribution in [3.63, 3.8) is 0 Å². The molecule has 0 aromatic carbocycles. The van der Waals surface area contributed by atoms with Gasteiger partial charge in [0.05, 0.1) is 0 Å². The van der Waals surface area contributed by atoms with E-state index in [9.17, 15) is 9.59 Å². The standard InChI is InChI=1S/C8H10N2O4/c1-2-5(8(12)13)9-7(11)6-3-4-14-10-6/h3-5H,2H2,1H3,(H,9,11)(H,12,13). The molecule has 0 spiro atoms. The van der Waals surface area contributed by atoms with Crippen molar-refractivity contribution in [1.82, 2.24) is 10.5 Å². The van der Waals surface area contributed by atoms with Gasteiger partial charge in [0.15, 0.2) is 5.69 Å². The summed E-state index contributed by atoms with van der Waals surface area (Å²) in [5.41, 5.74) is 0.0738. The van der Waals surface area contributed by atoms with Crippen LogP contribution in [0.3, 0.4) is 0 Å². The molecule has 0 aliphatic carbocycles. The molecule has 0 bridgehead atoms. The molecule has 2 N–H and O–H groups in total. The maximum Gasteiger partial charge on any atom is 0.326 e. The van der Waals surface area contributed by atoms with Gasteiger partial charge in [-0.1, -0.05) is 12.1 Å². The van der Waals surface area contributed by atoms with Gasteiger partial charge in [-0.3, -0.25) is 4.79 Å². The topological polar surface area (TPSA) is 92.4 Å². The van der Waals surface area contributed by atoms with Crippen LogP contribution in [0.1, 0.15) is 23.8 Å². The molecule has 6 heteroatoms. The Balaban J connectivity index is 2.60. The van der Waals surface area contributed by atoms with Gasteiger partial charge in [-0.25, -0.2) is 4.79 Å². The molecule has 1 atom stereocenters. The predicted octanol–water partition coefficient (Wildman–Crippen LogP) is 0.268. The molecule has 0 aliphatic heterocycles. The van der Waals surface area contributed by atoms with Crippen LogP contribution in [-0.2, 0) is 4.79 Å². The number of nitrogens with one attached hydrogen (secondary N) is 1. The Bertz CT molecular complexity index is 320. The lowest BCUT2D eigenvalue weighted by molar-refractivity contribution is -0.139. The molecular formula is C8H10N2O4. The Labute approximate surface area is 79.9 Å². The van der Waals surface area contributed by atoms with Gasteiger partial charge in [0.1, 0.15) is 12.3 Å². The molecule has 76 valence electrons. The van der Waals surface area contributed by atoms with Gasteiger partial charge < -0.3 is 14.9 Å². The molecular weight excluding hydrogens is 188 g/mol. The van der Waals surface area contributed by atoms with Gasteiger partial charge in [-0.2, -0.15) is 0 Å². The second kappa shape index (κ2) is 4.40. The van der Waals surface area contributed by atoms with E-state index in [0.717, 1.165) is 0 Å². The number of nitrogens with zero attached hydrogens (tertiary/aromatic N) is 1. The molecule has 1 amide bonds. The Morgan fingerprint density at radius 3 is 2.86 bits per heavy atom. The van der Waals surface area contributed by atoms with E-state index in [4.69, 9.17) is 5.11 Å². The first-order valence-electron chi connectivity index (χ1n) is 4.09. The zero-order chi connectivity index (χ0) is 10.6. The predicted molar refractivity (Wildman–Crippen MR) is 45.7 cm³/mol. The van der Waals surface area contributed by atoms with Crippen molar-refractivity contribution in [2.75, 3.05) is 0 Å². The quantitative estimate of drug-likeness (QED) is 0.724. The monoisotopic (exact) mass is 198 g/mol. The van der Waals surface area contributed by atoms with E-state index in [-0.39, 0.29) is 5.69 Å². The van der Waals surface area contributed by atoms with E-state index in [1.807, 2.05) is 0 Å². The minimum atomic E-state index is -1.07. The number of hydrogen-bond acceptors (Lipinski definition) is 4. The highest BCUT2D eigenvalue weighted by Crippen LogP contribution is 1.97. The van der Waals surface area contributed by atoms with Crippen LogP contribution in [0.5, 0.6) is 0 Å². The lowest BCUT2D eigenvalue weighted by Crippen LogP contribution is -2.40. The molecule has 1 heterocycles. The van der Waals surface area contributed by atoms with Crippen molar-refractivity contribution in [3.8, 4) is 0 Å². The zero-order valence-corrected chi connectivity index (χ0v) is 7.56. The summed E-state index contributed by atoms with van der Waals surface area (Å²) in [5, 5.41) is 14.4. The van der Waals surface area contributed by atoms with E-state index < -0.39 is 17.9 Å². The molecule has 6 nitrogen and oxygen atoms in total. The van der Waals surface area contributed by atoms with Crippen molar-refractivity contribution >= 4 is 11.9 Å².